The summed E-state index contributed by atoms with van der Waals surface area (Å²) >= 11 is 0. The van der Waals surface area contributed by atoms with Crippen molar-refractivity contribution in [1.29, 1.82) is 0 Å². The first-order valence-electron chi connectivity index (χ1n) is 8.31. The Labute approximate surface area is 134 Å². The molecule has 0 amide bonds. The van der Waals surface area contributed by atoms with Crippen molar-refractivity contribution in [1.82, 2.24) is 0 Å². The van der Waals surface area contributed by atoms with Crippen molar-refractivity contribution in [2.24, 2.45) is 11.8 Å². The van der Waals surface area contributed by atoms with Crippen molar-refractivity contribution in [3.63, 3.8) is 0 Å². The lowest BCUT2D eigenvalue weighted by atomic mass is 9.79. The minimum absolute atomic E-state index is 0.0803. The zero-order valence-electron chi connectivity index (χ0n) is 13.3. The fourth-order valence-electron chi connectivity index (χ4n) is 3.53. The lowest BCUT2D eigenvalue weighted by Crippen LogP contribution is -2.19. The van der Waals surface area contributed by atoms with E-state index in [2.05, 4.69) is 6.92 Å². The molecule has 1 aromatic heterocycles. The van der Waals surface area contributed by atoms with Crippen LogP contribution in [0.15, 0.2) is 33.5 Å². The molecule has 1 aliphatic rings. The number of carbonyl (C=O) groups excluding carboxylic acids is 1. The van der Waals surface area contributed by atoms with Crippen molar-refractivity contribution in [3.8, 4) is 0 Å². The highest BCUT2D eigenvalue weighted by Crippen LogP contribution is 2.32. The normalized spacial score (nSPS) is 17.3. The van der Waals surface area contributed by atoms with Gasteiger partial charge in [0.1, 0.15) is 11.4 Å². The first kappa shape index (κ1) is 15.9. The van der Waals surface area contributed by atoms with Crippen molar-refractivity contribution in [3.05, 3.63) is 46.1 Å². The van der Waals surface area contributed by atoms with Gasteiger partial charge in [-0.3, -0.25) is 9.59 Å². The smallest absolute Gasteiger partial charge is 0.198 e. The van der Waals surface area contributed by atoms with E-state index in [0.717, 1.165) is 6.07 Å². The van der Waals surface area contributed by atoms with Crippen molar-refractivity contribution in [2.75, 3.05) is 0 Å². The van der Waals surface area contributed by atoms with Crippen LogP contribution in [0.25, 0.3) is 11.0 Å². The van der Waals surface area contributed by atoms with Gasteiger partial charge < -0.3 is 4.42 Å². The Morgan fingerprint density at radius 3 is 2.74 bits per heavy atom. The second kappa shape index (κ2) is 6.65. The second-order valence-electron chi connectivity index (χ2n) is 6.62. The third-order valence-corrected chi connectivity index (χ3v) is 4.93. The quantitative estimate of drug-likeness (QED) is 0.767. The molecule has 3 nitrogen and oxygen atoms in total. The molecule has 0 unspecified atom stereocenters. The van der Waals surface area contributed by atoms with E-state index in [1.54, 1.807) is 0 Å². The number of fused-ring (bicyclic) bond motifs is 1. The molecule has 1 saturated carbocycles. The maximum absolute atomic E-state index is 13.2. The summed E-state index contributed by atoms with van der Waals surface area (Å²) in [5.41, 5.74) is -0.119. The summed E-state index contributed by atoms with van der Waals surface area (Å²) in [6, 6.07) is 4.95. The van der Waals surface area contributed by atoms with E-state index in [1.165, 1.54) is 50.3 Å². The molecule has 1 heterocycles. The van der Waals surface area contributed by atoms with Crippen LogP contribution < -0.4 is 5.43 Å². The average molecular weight is 316 g/mol. The topological polar surface area (TPSA) is 47.3 Å². The molecule has 122 valence electrons. The van der Waals surface area contributed by atoms with Gasteiger partial charge in [0.25, 0.3) is 0 Å². The Bertz CT molecular complexity index is 772. The lowest BCUT2D eigenvalue weighted by molar-refractivity contribution is 0.0912. The molecule has 1 aliphatic carbocycles. The molecule has 0 saturated heterocycles. The minimum Gasteiger partial charge on any atom is -0.453 e. The number of ketones is 1. The highest BCUT2D eigenvalue weighted by Gasteiger charge is 2.24. The van der Waals surface area contributed by atoms with E-state index >= 15 is 0 Å². The standard InChI is InChI=1S/C19H21FO3/c1-12(13-5-3-2-4-6-13)9-17(22)19-11-16(21)15-10-14(20)7-8-18(15)23-19/h7-8,10-13H,2-6,9H2,1H3/t12-/m1/s1. The van der Waals surface area contributed by atoms with Crippen LogP contribution in [-0.4, -0.2) is 5.78 Å². The molecule has 0 N–H and O–H groups in total. The molecule has 0 bridgehead atoms. The SMILES string of the molecule is C[C@H](CC(=O)c1cc(=O)c2cc(F)ccc2o1)C1CCCCC1. The fraction of sp³-hybridized carbons (Fsp3) is 0.474. The number of hydrogen-bond acceptors (Lipinski definition) is 3. The largest absolute Gasteiger partial charge is 0.453 e. The number of rotatable bonds is 4. The third kappa shape index (κ3) is 3.52. The molecule has 2 aromatic rings. The Kier molecular flexibility index (Phi) is 4.60. The average Bonchev–Trinajstić information content (AvgIpc) is 2.56. The number of hydrogen-bond donors (Lipinski definition) is 0. The van der Waals surface area contributed by atoms with Gasteiger partial charge in [-0.2, -0.15) is 0 Å². The highest BCUT2D eigenvalue weighted by atomic mass is 19.1. The second-order valence-corrected chi connectivity index (χ2v) is 6.62. The van der Waals surface area contributed by atoms with Crippen LogP contribution >= 0.6 is 0 Å². The predicted octanol–water partition coefficient (Wildman–Crippen LogP) is 4.72. The van der Waals surface area contributed by atoms with Crippen LogP contribution in [0.3, 0.4) is 0 Å². The Hall–Kier alpha value is -1.97. The van der Waals surface area contributed by atoms with Crippen LogP contribution in [0.1, 0.15) is 56.0 Å². The fourth-order valence-corrected chi connectivity index (χ4v) is 3.53. The van der Waals surface area contributed by atoms with Crippen LogP contribution in [0, 0.1) is 17.7 Å². The summed E-state index contributed by atoms with van der Waals surface area (Å²) in [6.45, 7) is 2.10. The van der Waals surface area contributed by atoms with E-state index in [9.17, 15) is 14.0 Å². The van der Waals surface area contributed by atoms with Gasteiger partial charge in [0.2, 0.25) is 0 Å². The van der Waals surface area contributed by atoms with Gasteiger partial charge in [-0.25, -0.2) is 4.39 Å². The molecule has 0 radical (unpaired) electrons. The maximum Gasteiger partial charge on any atom is 0.198 e. The predicted molar refractivity (Wildman–Crippen MR) is 87.1 cm³/mol. The van der Waals surface area contributed by atoms with Gasteiger partial charge in [0.05, 0.1) is 5.39 Å². The van der Waals surface area contributed by atoms with Gasteiger partial charge in [0.15, 0.2) is 17.0 Å². The van der Waals surface area contributed by atoms with E-state index in [1.807, 2.05) is 0 Å². The molecule has 1 atom stereocenters. The molecule has 0 aliphatic heterocycles. The summed E-state index contributed by atoms with van der Waals surface area (Å²) in [4.78, 5) is 24.5. The Morgan fingerprint density at radius 2 is 2.00 bits per heavy atom. The minimum atomic E-state index is -0.491. The molecule has 1 fully saturated rings. The zero-order chi connectivity index (χ0) is 16.4. The first-order valence-corrected chi connectivity index (χ1v) is 8.31. The molecule has 23 heavy (non-hydrogen) atoms. The summed E-state index contributed by atoms with van der Waals surface area (Å²) in [7, 11) is 0. The number of Topliss-reactive ketones (excluding diaryl/α,β-unsaturated/α-hetero) is 1. The van der Waals surface area contributed by atoms with Crippen LogP contribution in [0.2, 0.25) is 0 Å². The van der Waals surface area contributed by atoms with Gasteiger partial charge in [0, 0.05) is 12.5 Å². The van der Waals surface area contributed by atoms with Gasteiger partial charge in [-0.05, 0) is 30.0 Å². The van der Waals surface area contributed by atoms with E-state index in [-0.39, 0.29) is 33.9 Å². The maximum atomic E-state index is 13.2. The van der Waals surface area contributed by atoms with Crippen LogP contribution in [-0.2, 0) is 0 Å². The zero-order valence-corrected chi connectivity index (χ0v) is 13.3. The Morgan fingerprint density at radius 1 is 1.26 bits per heavy atom. The van der Waals surface area contributed by atoms with Gasteiger partial charge >= 0.3 is 0 Å². The summed E-state index contributed by atoms with van der Waals surface area (Å²) in [5.74, 6) is 0.309. The summed E-state index contributed by atoms with van der Waals surface area (Å²) in [6.07, 6.45) is 6.50. The van der Waals surface area contributed by atoms with Crippen molar-refractivity contribution < 1.29 is 13.6 Å². The van der Waals surface area contributed by atoms with Crippen LogP contribution in [0.4, 0.5) is 4.39 Å². The molecular weight excluding hydrogens is 295 g/mol. The number of benzene rings is 1. The highest BCUT2D eigenvalue weighted by molar-refractivity contribution is 5.95. The van der Waals surface area contributed by atoms with E-state index in [4.69, 9.17) is 4.42 Å². The number of carbonyl (C=O) groups is 1. The summed E-state index contributed by atoms with van der Waals surface area (Å²) < 4.78 is 18.7. The summed E-state index contributed by atoms with van der Waals surface area (Å²) in [5, 5.41) is 0.168. The molecule has 0 spiro atoms. The molecule has 4 heteroatoms. The Balaban J connectivity index is 1.80. The molecule has 3 rings (SSSR count). The van der Waals surface area contributed by atoms with Gasteiger partial charge in [-0.1, -0.05) is 39.0 Å². The lowest BCUT2D eigenvalue weighted by Gasteiger charge is -2.27. The van der Waals surface area contributed by atoms with Crippen molar-refractivity contribution >= 4 is 16.8 Å². The van der Waals surface area contributed by atoms with Crippen LogP contribution in [0.5, 0.6) is 0 Å². The number of halogens is 1. The monoisotopic (exact) mass is 316 g/mol. The van der Waals surface area contributed by atoms with Crippen molar-refractivity contribution in [2.45, 2.75) is 45.4 Å². The third-order valence-electron chi connectivity index (χ3n) is 4.93. The first-order chi connectivity index (χ1) is 11.0. The van der Waals surface area contributed by atoms with E-state index < -0.39 is 5.82 Å². The van der Waals surface area contributed by atoms with Gasteiger partial charge in [-0.15, -0.1) is 0 Å². The van der Waals surface area contributed by atoms with E-state index in [0.29, 0.717) is 12.3 Å². The molecule has 1 aromatic carbocycles. The molecular formula is C19H21FO3.